The molecule has 1 aromatic carbocycles. The van der Waals surface area contributed by atoms with Crippen LogP contribution in [0.4, 0.5) is 0 Å². The first-order valence-electron chi connectivity index (χ1n) is 8.33. The van der Waals surface area contributed by atoms with Crippen LogP contribution in [-0.2, 0) is 4.79 Å². The Morgan fingerprint density at radius 1 is 1.08 bits per heavy atom. The van der Waals surface area contributed by atoms with E-state index in [1.807, 2.05) is 32.1 Å². The standard InChI is InChI=1S/C20H22N4O/c1-13-9-17(10-14(2)22-13)15-5-4-6-16(11-15)18-7-8-19(23-18)24-20(25)12-21-3/h4-7,9-11,21H,8,12H2,1-3H3,(H,23,24,25). The number of amidine groups is 1. The maximum absolute atomic E-state index is 11.7. The maximum atomic E-state index is 11.7. The fourth-order valence-corrected chi connectivity index (χ4v) is 2.92. The molecule has 2 heterocycles. The monoisotopic (exact) mass is 334 g/mol. The Kier molecular flexibility index (Phi) is 5.05. The van der Waals surface area contributed by atoms with Gasteiger partial charge in [-0.2, -0.15) is 0 Å². The number of hydrogen-bond acceptors (Lipinski definition) is 4. The number of nitrogens with zero attached hydrogens (tertiary/aromatic N) is 2. The number of amides is 1. The van der Waals surface area contributed by atoms with Gasteiger partial charge >= 0.3 is 0 Å². The van der Waals surface area contributed by atoms with Crippen molar-refractivity contribution in [2.24, 2.45) is 4.99 Å². The predicted octanol–water partition coefficient (Wildman–Crippen LogP) is 2.84. The molecule has 0 unspecified atom stereocenters. The van der Waals surface area contributed by atoms with Crippen LogP contribution in [-0.4, -0.2) is 30.3 Å². The summed E-state index contributed by atoms with van der Waals surface area (Å²) < 4.78 is 0. The lowest BCUT2D eigenvalue weighted by molar-refractivity contribution is -0.118. The van der Waals surface area contributed by atoms with Gasteiger partial charge in [-0.1, -0.05) is 24.3 Å². The number of aromatic nitrogens is 1. The molecule has 1 aromatic heterocycles. The molecule has 1 amide bonds. The number of rotatable bonds is 4. The number of carbonyl (C=O) groups is 1. The van der Waals surface area contributed by atoms with Crippen LogP contribution in [0.25, 0.3) is 16.8 Å². The van der Waals surface area contributed by atoms with Gasteiger partial charge in [-0.05, 0) is 50.2 Å². The zero-order valence-corrected chi connectivity index (χ0v) is 14.8. The van der Waals surface area contributed by atoms with Crippen molar-refractivity contribution in [2.75, 3.05) is 13.6 Å². The van der Waals surface area contributed by atoms with Crippen LogP contribution < -0.4 is 10.6 Å². The molecule has 0 atom stereocenters. The number of aliphatic imine (C=N–C) groups is 1. The largest absolute Gasteiger partial charge is 0.313 e. The van der Waals surface area contributed by atoms with E-state index in [1.54, 1.807) is 7.05 Å². The van der Waals surface area contributed by atoms with Crippen LogP contribution in [0.2, 0.25) is 0 Å². The summed E-state index contributed by atoms with van der Waals surface area (Å²) in [7, 11) is 1.74. The summed E-state index contributed by atoms with van der Waals surface area (Å²) in [5, 5.41) is 5.66. The number of nitrogens with one attached hydrogen (secondary N) is 2. The van der Waals surface area contributed by atoms with E-state index in [0.29, 0.717) is 12.3 Å². The van der Waals surface area contributed by atoms with Gasteiger partial charge in [0.25, 0.3) is 0 Å². The van der Waals surface area contributed by atoms with Crippen molar-refractivity contribution >= 4 is 17.4 Å². The van der Waals surface area contributed by atoms with E-state index >= 15 is 0 Å². The van der Waals surface area contributed by atoms with Gasteiger partial charge in [0, 0.05) is 23.4 Å². The summed E-state index contributed by atoms with van der Waals surface area (Å²) in [5.41, 5.74) is 6.24. The minimum absolute atomic E-state index is 0.0765. The second kappa shape index (κ2) is 7.40. The van der Waals surface area contributed by atoms with Crippen molar-refractivity contribution in [3.05, 3.63) is 59.4 Å². The number of pyridine rings is 1. The fourth-order valence-electron chi connectivity index (χ4n) is 2.92. The third-order valence-corrected chi connectivity index (χ3v) is 3.94. The molecule has 0 radical (unpaired) electrons. The van der Waals surface area contributed by atoms with Gasteiger partial charge in [-0.25, -0.2) is 4.99 Å². The van der Waals surface area contributed by atoms with E-state index < -0.39 is 0 Å². The molecule has 1 aliphatic heterocycles. The highest BCUT2D eigenvalue weighted by molar-refractivity contribution is 6.04. The van der Waals surface area contributed by atoms with Gasteiger partial charge in [0.1, 0.15) is 5.84 Å². The molecule has 0 bridgehead atoms. The molecule has 0 saturated heterocycles. The molecule has 0 saturated carbocycles. The van der Waals surface area contributed by atoms with Crippen LogP contribution >= 0.6 is 0 Å². The second-order valence-corrected chi connectivity index (χ2v) is 6.15. The van der Waals surface area contributed by atoms with Gasteiger partial charge in [0.05, 0.1) is 12.2 Å². The van der Waals surface area contributed by atoms with Crippen LogP contribution in [0.15, 0.2) is 47.5 Å². The number of hydrogen-bond donors (Lipinski definition) is 2. The topological polar surface area (TPSA) is 66.4 Å². The summed E-state index contributed by atoms with van der Waals surface area (Å²) in [6.07, 6.45) is 2.68. The zero-order valence-electron chi connectivity index (χ0n) is 14.8. The van der Waals surface area contributed by atoms with E-state index in [-0.39, 0.29) is 12.5 Å². The van der Waals surface area contributed by atoms with Gasteiger partial charge in [-0.15, -0.1) is 0 Å². The highest BCUT2D eigenvalue weighted by Gasteiger charge is 2.13. The third-order valence-electron chi connectivity index (χ3n) is 3.94. The molecule has 25 heavy (non-hydrogen) atoms. The Hall–Kier alpha value is -2.79. The van der Waals surface area contributed by atoms with Crippen molar-refractivity contribution in [3.63, 3.8) is 0 Å². The zero-order chi connectivity index (χ0) is 17.8. The molecule has 2 aromatic rings. The Labute approximate surface area is 147 Å². The Morgan fingerprint density at radius 2 is 1.80 bits per heavy atom. The summed E-state index contributed by atoms with van der Waals surface area (Å²) in [4.78, 5) is 20.7. The molecule has 1 aliphatic rings. The molecule has 5 nitrogen and oxygen atoms in total. The van der Waals surface area contributed by atoms with Gasteiger partial charge in [0.15, 0.2) is 0 Å². The van der Waals surface area contributed by atoms with Gasteiger partial charge in [-0.3, -0.25) is 9.78 Å². The highest BCUT2D eigenvalue weighted by atomic mass is 16.1. The average molecular weight is 334 g/mol. The van der Waals surface area contributed by atoms with Gasteiger partial charge < -0.3 is 10.6 Å². The fraction of sp³-hybridized carbons (Fsp3) is 0.250. The minimum atomic E-state index is -0.0765. The molecule has 0 spiro atoms. The maximum Gasteiger partial charge on any atom is 0.239 e. The molecule has 0 aliphatic carbocycles. The number of carbonyl (C=O) groups excluding carboxylic acids is 1. The van der Waals surface area contributed by atoms with E-state index in [4.69, 9.17) is 0 Å². The van der Waals surface area contributed by atoms with Crippen LogP contribution in [0, 0.1) is 13.8 Å². The van der Waals surface area contributed by atoms with Crippen LogP contribution in [0.5, 0.6) is 0 Å². The summed E-state index contributed by atoms with van der Waals surface area (Å²) in [6.45, 7) is 4.29. The lowest BCUT2D eigenvalue weighted by Crippen LogP contribution is -2.35. The number of aryl methyl sites for hydroxylation is 2. The van der Waals surface area contributed by atoms with Crippen molar-refractivity contribution in [2.45, 2.75) is 20.3 Å². The predicted molar refractivity (Wildman–Crippen MR) is 101 cm³/mol. The molecule has 0 fully saturated rings. The molecular formula is C20H22N4O. The first-order chi connectivity index (χ1) is 12.0. The normalized spacial score (nSPS) is 13.4. The first kappa shape index (κ1) is 17.0. The summed E-state index contributed by atoms with van der Waals surface area (Å²) >= 11 is 0. The minimum Gasteiger partial charge on any atom is -0.313 e. The quantitative estimate of drug-likeness (QED) is 0.903. The van der Waals surface area contributed by atoms with E-state index in [0.717, 1.165) is 33.8 Å². The SMILES string of the molecule is CNCC(=O)NC1=NC(c2cccc(-c3cc(C)nc(C)c3)c2)=CC1. The summed E-state index contributed by atoms with van der Waals surface area (Å²) in [6, 6.07) is 12.5. The lowest BCUT2D eigenvalue weighted by atomic mass is 10.0. The van der Waals surface area contributed by atoms with Crippen molar-refractivity contribution in [3.8, 4) is 11.1 Å². The van der Waals surface area contributed by atoms with Gasteiger partial charge in [0.2, 0.25) is 5.91 Å². The number of benzene rings is 1. The number of likely N-dealkylation sites (N-methyl/N-ethyl adjacent to an activating group) is 1. The average Bonchev–Trinajstić information content (AvgIpc) is 3.03. The molecule has 3 rings (SSSR count). The molecule has 2 N–H and O–H groups in total. The van der Waals surface area contributed by atoms with E-state index in [1.165, 1.54) is 0 Å². The Morgan fingerprint density at radius 3 is 2.52 bits per heavy atom. The van der Waals surface area contributed by atoms with Crippen LogP contribution in [0.3, 0.4) is 0 Å². The molecule has 5 heteroatoms. The lowest BCUT2D eigenvalue weighted by Gasteiger charge is -2.07. The smallest absolute Gasteiger partial charge is 0.239 e. The highest BCUT2D eigenvalue weighted by Crippen LogP contribution is 2.27. The van der Waals surface area contributed by atoms with Crippen molar-refractivity contribution < 1.29 is 4.79 Å². The third kappa shape index (κ3) is 4.19. The van der Waals surface area contributed by atoms with Crippen LogP contribution in [0.1, 0.15) is 23.4 Å². The van der Waals surface area contributed by atoms with E-state index in [9.17, 15) is 4.79 Å². The molecule has 128 valence electrons. The first-order valence-corrected chi connectivity index (χ1v) is 8.33. The summed E-state index contributed by atoms with van der Waals surface area (Å²) in [5.74, 6) is 0.614. The van der Waals surface area contributed by atoms with E-state index in [2.05, 4.69) is 44.9 Å². The van der Waals surface area contributed by atoms with Crippen molar-refractivity contribution in [1.29, 1.82) is 0 Å². The Balaban J connectivity index is 1.83. The molecular weight excluding hydrogens is 312 g/mol. The Bertz CT molecular complexity index is 847. The van der Waals surface area contributed by atoms with Crippen molar-refractivity contribution in [1.82, 2.24) is 15.6 Å². The second-order valence-electron chi connectivity index (χ2n) is 6.15.